The fourth-order valence-corrected chi connectivity index (χ4v) is 2.73. The first-order valence-electron chi connectivity index (χ1n) is 7.60. The van der Waals surface area contributed by atoms with Crippen LogP contribution in [0.25, 0.3) is 0 Å². The number of anilines is 1. The van der Waals surface area contributed by atoms with Gasteiger partial charge in [0, 0.05) is 19.8 Å². The van der Waals surface area contributed by atoms with Crippen molar-refractivity contribution < 1.29 is 0 Å². The van der Waals surface area contributed by atoms with E-state index in [0.29, 0.717) is 0 Å². The van der Waals surface area contributed by atoms with Crippen LogP contribution in [0.15, 0.2) is 42.5 Å². The molecule has 2 aromatic rings. The van der Waals surface area contributed by atoms with Crippen molar-refractivity contribution in [3.63, 3.8) is 0 Å². The van der Waals surface area contributed by atoms with E-state index >= 15 is 0 Å². The van der Waals surface area contributed by atoms with Crippen LogP contribution in [0.3, 0.4) is 0 Å². The summed E-state index contributed by atoms with van der Waals surface area (Å²) in [5.74, 6) is 0. The lowest BCUT2D eigenvalue weighted by Crippen LogP contribution is -2.23. The zero-order chi connectivity index (χ0) is 15.4. The molecule has 1 N–H and O–H groups in total. The Morgan fingerprint density at radius 2 is 1.67 bits per heavy atom. The smallest absolute Gasteiger partial charge is 0.0579 e. The summed E-state index contributed by atoms with van der Waals surface area (Å²) < 4.78 is 0. The molecule has 21 heavy (non-hydrogen) atoms. The van der Waals surface area contributed by atoms with E-state index in [4.69, 9.17) is 0 Å². The van der Waals surface area contributed by atoms with Gasteiger partial charge < -0.3 is 10.2 Å². The van der Waals surface area contributed by atoms with E-state index in [2.05, 4.69) is 87.5 Å². The molecule has 0 heterocycles. The molecule has 2 nitrogen and oxygen atoms in total. The molecule has 0 spiro atoms. The Hall–Kier alpha value is -1.80. The van der Waals surface area contributed by atoms with Crippen LogP contribution in [0.5, 0.6) is 0 Å². The second-order valence-corrected chi connectivity index (χ2v) is 5.84. The molecule has 0 bridgehead atoms. The van der Waals surface area contributed by atoms with Crippen LogP contribution in [0.2, 0.25) is 0 Å². The van der Waals surface area contributed by atoms with Gasteiger partial charge in [-0.2, -0.15) is 0 Å². The Balaban J connectivity index is 2.38. The average molecular weight is 282 g/mol. The molecular formula is C19H26N2. The minimum Gasteiger partial charge on any atom is -0.378 e. The van der Waals surface area contributed by atoms with E-state index in [1.165, 1.54) is 27.9 Å². The van der Waals surface area contributed by atoms with E-state index < -0.39 is 0 Å². The fraction of sp³-hybridized carbons (Fsp3) is 0.368. The third kappa shape index (κ3) is 3.64. The van der Waals surface area contributed by atoms with Crippen LogP contribution in [-0.4, -0.2) is 20.6 Å². The lowest BCUT2D eigenvalue weighted by atomic mass is 9.93. The first kappa shape index (κ1) is 15.6. The zero-order valence-electron chi connectivity index (χ0n) is 13.8. The minimum atomic E-state index is 0.256. The minimum absolute atomic E-state index is 0.256. The van der Waals surface area contributed by atoms with Gasteiger partial charge >= 0.3 is 0 Å². The molecule has 0 amide bonds. The lowest BCUT2D eigenvalue weighted by molar-refractivity contribution is 0.627. The van der Waals surface area contributed by atoms with Crippen molar-refractivity contribution >= 4 is 5.69 Å². The maximum absolute atomic E-state index is 3.61. The Morgan fingerprint density at radius 1 is 1.00 bits per heavy atom. The van der Waals surface area contributed by atoms with Crippen molar-refractivity contribution in [2.24, 2.45) is 0 Å². The van der Waals surface area contributed by atoms with E-state index in [9.17, 15) is 0 Å². The number of hydrogen-bond donors (Lipinski definition) is 1. The maximum atomic E-state index is 3.61. The van der Waals surface area contributed by atoms with E-state index in [1.807, 2.05) is 0 Å². The SMILES string of the molecule is CCNC(c1ccc(N(C)C)cc1)c1ccc(C)cc1C. The quantitative estimate of drug-likeness (QED) is 0.889. The first-order valence-corrected chi connectivity index (χ1v) is 7.60. The topological polar surface area (TPSA) is 15.3 Å². The summed E-state index contributed by atoms with van der Waals surface area (Å²) in [6, 6.07) is 15.8. The van der Waals surface area contributed by atoms with E-state index in [0.717, 1.165) is 6.54 Å². The molecule has 0 radical (unpaired) electrons. The van der Waals surface area contributed by atoms with E-state index in [-0.39, 0.29) is 6.04 Å². The van der Waals surface area contributed by atoms with Crippen molar-refractivity contribution in [2.75, 3.05) is 25.5 Å². The van der Waals surface area contributed by atoms with Crippen molar-refractivity contribution in [3.05, 3.63) is 64.7 Å². The molecule has 2 heteroatoms. The molecule has 1 unspecified atom stereocenters. The molecule has 1 atom stereocenters. The summed E-state index contributed by atoms with van der Waals surface area (Å²) in [5.41, 5.74) is 6.57. The number of rotatable bonds is 5. The van der Waals surface area contributed by atoms with Crippen molar-refractivity contribution in [2.45, 2.75) is 26.8 Å². The second-order valence-electron chi connectivity index (χ2n) is 5.84. The highest BCUT2D eigenvalue weighted by molar-refractivity contribution is 5.48. The molecule has 0 aliphatic heterocycles. The van der Waals surface area contributed by atoms with Gasteiger partial charge in [0.25, 0.3) is 0 Å². The molecule has 0 saturated heterocycles. The van der Waals surface area contributed by atoms with Gasteiger partial charge in [0.05, 0.1) is 6.04 Å². The fourth-order valence-electron chi connectivity index (χ4n) is 2.73. The van der Waals surface area contributed by atoms with Crippen molar-refractivity contribution in [1.29, 1.82) is 0 Å². The highest BCUT2D eigenvalue weighted by atomic mass is 15.1. The largest absolute Gasteiger partial charge is 0.378 e. The molecule has 0 aliphatic rings. The summed E-state index contributed by atoms with van der Waals surface area (Å²) in [5, 5.41) is 3.61. The van der Waals surface area contributed by atoms with Crippen molar-refractivity contribution in [3.8, 4) is 0 Å². The monoisotopic (exact) mass is 282 g/mol. The highest BCUT2D eigenvalue weighted by Gasteiger charge is 2.15. The van der Waals surface area contributed by atoms with Crippen LogP contribution < -0.4 is 10.2 Å². The third-order valence-electron chi connectivity index (χ3n) is 3.89. The summed E-state index contributed by atoms with van der Waals surface area (Å²) >= 11 is 0. The van der Waals surface area contributed by atoms with Gasteiger partial charge in [0.15, 0.2) is 0 Å². The Bertz CT molecular complexity index is 585. The molecule has 0 fully saturated rings. The number of benzene rings is 2. The van der Waals surface area contributed by atoms with Crippen LogP contribution >= 0.6 is 0 Å². The number of nitrogens with one attached hydrogen (secondary N) is 1. The molecule has 2 rings (SSSR count). The van der Waals surface area contributed by atoms with Gasteiger partial charge in [-0.15, -0.1) is 0 Å². The third-order valence-corrected chi connectivity index (χ3v) is 3.89. The lowest BCUT2D eigenvalue weighted by Gasteiger charge is -2.22. The van der Waals surface area contributed by atoms with Crippen LogP contribution in [-0.2, 0) is 0 Å². The molecule has 0 aliphatic carbocycles. The van der Waals surface area contributed by atoms with Crippen molar-refractivity contribution in [1.82, 2.24) is 5.32 Å². The van der Waals surface area contributed by atoms with Crippen LogP contribution in [0.4, 0.5) is 5.69 Å². The van der Waals surface area contributed by atoms with Gasteiger partial charge in [-0.05, 0) is 49.2 Å². The maximum Gasteiger partial charge on any atom is 0.0579 e. The summed E-state index contributed by atoms with van der Waals surface area (Å²) in [6.45, 7) is 7.45. The molecule has 2 aromatic carbocycles. The van der Waals surface area contributed by atoms with Crippen LogP contribution in [0.1, 0.15) is 35.2 Å². The average Bonchev–Trinajstić information content (AvgIpc) is 2.46. The number of nitrogens with zero attached hydrogens (tertiary/aromatic N) is 1. The predicted octanol–water partition coefficient (Wildman–Crippen LogP) is 4.07. The molecule has 112 valence electrons. The number of hydrogen-bond acceptors (Lipinski definition) is 2. The molecular weight excluding hydrogens is 256 g/mol. The zero-order valence-corrected chi connectivity index (χ0v) is 13.8. The van der Waals surface area contributed by atoms with Crippen LogP contribution in [0, 0.1) is 13.8 Å². The Kier molecular flexibility index (Phi) is 5.03. The first-order chi connectivity index (χ1) is 10.0. The van der Waals surface area contributed by atoms with Gasteiger partial charge in [-0.3, -0.25) is 0 Å². The van der Waals surface area contributed by atoms with Gasteiger partial charge in [0.1, 0.15) is 0 Å². The number of aryl methyl sites for hydroxylation is 2. The molecule has 0 aromatic heterocycles. The van der Waals surface area contributed by atoms with Gasteiger partial charge in [-0.25, -0.2) is 0 Å². The Morgan fingerprint density at radius 3 is 2.19 bits per heavy atom. The molecule has 0 saturated carbocycles. The Labute approximate surface area is 128 Å². The summed E-state index contributed by atoms with van der Waals surface area (Å²) in [6.07, 6.45) is 0. The summed E-state index contributed by atoms with van der Waals surface area (Å²) in [4.78, 5) is 2.13. The highest BCUT2D eigenvalue weighted by Crippen LogP contribution is 2.27. The van der Waals surface area contributed by atoms with E-state index in [1.54, 1.807) is 0 Å². The van der Waals surface area contributed by atoms with Gasteiger partial charge in [0.2, 0.25) is 0 Å². The van der Waals surface area contributed by atoms with Gasteiger partial charge in [-0.1, -0.05) is 42.8 Å². The second kappa shape index (κ2) is 6.77. The summed E-state index contributed by atoms with van der Waals surface area (Å²) in [7, 11) is 4.14. The normalized spacial score (nSPS) is 12.2. The standard InChI is InChI=1S/C19H26N2/c1-6-20-19(18-12-7-14(2)13-15(18)3)16-8-10-17(11-9-16)21(4)5/h7-13,19-20H,6H2,1-5H3. The predicted molar refractivity (Wildman–Crippen MR) is 92.2 cm³/mol.